The first-order valence-corrected chi connectivity index (χ1v) is 14.3. The van der Waals surface area contributed by atoms with Gasteiger partial charge in [-0.2, -0.15) is 4.98 Å². The van der Waals surface area contributed by atoms with Crippen molar-refractivity contribution in [2.45, 2.75) is 13.0 Å². The molecule has 4 aromatic rings. The molecule has 0 atom stereocenters. The van der Waals surface area contributed by atoms with Gasteiger partial charge in [0.1, 0.15) is 5.65 Å². The molecule has 194 valence electrons. The molecule has 0 amide bonds. The lowest BCUT2D eigenvalue weighted by Crippen LogP contribution is -2.28. The van der Waals surface area contributed by atoms with Crippen LogP contribution < -0.4 is 14.5 Å². The Labute approximate surface area is 218 Å². The molecule has 10 heteroatoms. The van der Waals surface area contributed by atoms with Crippen molar-refractivity contribution in [3.8, 4) is 0 Å². The maximum Gasteiger partial charge on any atom is 0.232 e. The minimum atomic E-state index is -3.37. The average Bonchev–Trinajstić information content (AvgIpc) is 3.14. The molecule has 9 nitrogen and oxygen atoms in total. The van der Waals surface area contributed by atoms with Crippen LogP contribution in [0.3, 0.4) is 0 Å². The number of likely N-dealkylation sites (N-methyl/N-ethyl adjacent to an activating group) is 1. The van der Waals surface area contributed by atoms with Gasteiger partial charge in [0.05, 0.1) is 18.5 Å². The van der Waals surface area contributed by atoms with Crippen LogP contribution in [-0.2, 0) is 16.6 Å². The third-order valence-electron chi connectivity index (χ3n) is 6.88. The zero-order chi connectivity index (χ0) is 26.0. The Bertz CT molecular complexity index is 1480. The zero-order valence-electron chi connectivity index (χ0n) is 21.5. The summed E-state index contributed by atoms with van der Waals surface area (Å²) in [7, 11) is 0.377. The minimum absolute atomic E-state index is 0.482. The topological polar surface area (TPSA) is 86.6 Å². The van der Waals surface area contributed by atoms with E-state index >= 15 is 0 Å². The van der Waals surface area contributed by atoms with E-state index in [4.69, 9.17) is 4.98 Å². The van der Waals surface area contributed by atoms with Gasteiger partial charge in [0.25, 0.3) is 0 Å². The highest BCUT2D eigenvalue weighted by Crippen LogP contribution is 2.25. The monoisotopic (exact) mass is 519 g/mol. The highest BCUT2D eigenvalue weighted by Gasteiger charge is 2.17. The molecule has 0 unspecified atom stereocenters. The predicted octanol–water partition coefficient (Wildman–Crippen LogP) is 3.76. The van der Waals surface area contributed by atoms with E-state index in [0.717, 1.165) is 48.5 Å². The Balaban J connectivity index is 1.35. The number of nitrogens with zero attached hydrogens (tertiary/aromatic N) is 6. The fourth-order valence-corrected chi connectivity index (χ4v) is 5.20. The summed E-state index contributed by atoms with van der Waals surface area (Å²) in [5.41, 5.74) is 4.46. The fraction of sp³-hybridized carbons (Fsp3) is 0.333. The molecule has 0 bridgehead atoms. The van der Waals surface area contributed by atoms with E-state index in [2.05, 4.69) is 51.4 Å². The van der Waals surface area contributed by atoms with Gasteiger partial charge in [0, 0.05) is 55.8 Å². The number of anilines is 4. The fourth-order valence-electron chi connectivity index (χ4n) is 4.66. The second-order valence-electron chi connectivity index (χ2n) is 9.59. The van der Waals surface area contributed by atoms with E-state index in [1.165, 1.54) is 22.7 Å². The molecule has 0 saturated carbocycles. The summed E-state index contributed by atoms with van der Waals surface area (Å²) < 4.78 is 27.6. The molecule has 1 fully saturated rings. The second-order valence-corrected chi connectivity index (χ2v) is 11.6. The summed E-state index contributed by atoms with van der Waals surface area (Å²) in [6.07, 6.45) is 6.13. The van der Waals surface area contributed by atoms with E-state index in [-0.39, 0.29) is 0 Å². The van der Waals surface area contributed by atoms with Gasteiger partial charge in [-0.15, -0.1) is 0 Å². The van der Waals surface area contributed by atoms with Crippen LogP contribution in [0, 0.1) is 0 Å². The Hall–Kier alpha value is -3.63. The van der Waals surface area contributed by atoms with Gasteiger partial charge in [-0.05, 0) is 62.0 Å². The van der Waals surface area contributed by atoms with Gasteiger partial charge in [-0.1, -0.05) is 18.2 Å². The summed E-state index contributed by atoms with van der Waals surface area (Å²) in [6.45, 7) is 4.79. The number of fused-ring (bicyclic) bond motifs is 1. The van der Waals surface area contributed by atoms with Crippen molar-refractivity contribution in [1.82, 2.24) is 19.4 Å². The molecule has 0 spiro atoms. The van der Waals surface area contributed by atoms with Crippen molar-refractivity contribution in [1.29, 1.82) is 0 Å². The first-order chi connectivity index (χ1) is 17.8. The van der Waals surface area contributed by atoms with Gasteiger partial charge in [-0.25, -0.2) is 13.4 Å². The van der Waals surface area contributed by atoms with E-state index in [9.17, 15) is 8.42 Å². The number of benzene rings is 2. The number of hydrogen-bond acceptors (Lipinski definition) is 7. The molecule has 1 aliphatic rings. The van der Waals surface area contributed by atoms with Crippen LogP contribution in [0.2, 0.25) is 0 Å². The molecule has 2 aromatic heterocycles. The van der Waals surface area contributed by atoms with Crippen LogP contribution >= 0.6 is 0 Å². The van der Waals surface area contributed by atoms with Crippen molar-refractivity contribution < 1.29 is 8.42 Å². The van der Waals surface area contributed by atoms with Gasteiger partial charge in [-0.3, -0.25) is 4.31 Å². The van der Waals surface area contributed by atoms with Crippen molar-refractivity contribution in [3.05, 3.63) is 72.6 Å². The average molecular weight is 520 g/mol. The maximum absolute atomic E-state index is 12.1. The molecule has 1 N–H and O–H groups in total. The Kier molecular flexibility index (Phi) is 7.03. The Morgan fingerprint density at radius 3 is 2.57 bits per heavy atom. The van der Waals surface area contributed by atoms with Gasteiger partial charge in [0.15, 0.2) is 0 Å². The number of hydrogen-bond donors (Lipinski definition) is 1. The standard InChI is InChI=1S/C27H33N7O2S/c1-31-14-6-15-33(18-17-31)24-11-9-23(10-12-24)29-27-28-19-21-13-16-34(26(21)30-27)20-22-7-4-5-8-25(22)32(2)37(3,35)36/h4-5,7-13,16,19H,6,14-15,17-18,20H2,1-3H3,(H,28,29,30). The van der Waals surface area contributed by atoms with Crippen molar-refractivity contribution in [2.75, 3.05) is 61.1 Å². The first-order valence-electron chi connectivity index (χ1n) is 12.4. The van der Waals surface area contributed by atoms with E-state index < -0.39 is 10.0 Å². The smallest absolute Gasteiger partial charge is 0.232 e. The van der Waals surface area contributed by atoms with Crippen LogP contribution in [0.25, 0.3) is 11.0 Å². The summed E-state index contributed by atoms with van der Waals surface area (Å²) in [6, 6.07) is 17.9. The van der Waals surface area contributed by atoms with E-state index in [1.54, 1.807) is 13.2 Å². The molecular formula is C27H33N7O2S. The first kappa shape index (κ1) is 25.0. The van der Waals surface area contributed by atoms with Crippen LogP contribution in [0.5, 0.6) is 0 Å². The lowest BCUT2D eigenvalue weighted by Gasteiger charge is -2.23. The van der Waals surface area contributed by atoms with Crippen molar-refractivity contribution >= 4 is 44.1 Å². The Morgan fingerprint density at radius 1 is 1.00 bits per heavy atom. The largest absolute Gasteiger partial charge is 0.370 e. The number of sulfonamides is 1. The highest BCUT2D eigenvalue weighted by molar-refractivity contribution is 7.92. The highest BCUT2D eigenvalue weighted by atomic mass is 32.2. The molecule has 0 radical (unpaired) electrons. The molecule has 0 aliphatic carbocycles. The quantitative estimate of drug-likeness (QED) is 0.398. The summed E-state index contributed by atoms with van der Waals surface area (Å²) >= 11 is 0. The minimum Gasteiger partial charge on any atom is -0.370 e. The van der Waals surface area contributed by atoms with Crippen LogP contribution in [0.15, 0.2) is 67.0 Å². The second kappa shape index (κ2) is 10.4. The summed E-state index contributed by atoms with van der Waals surface area (Å²) in [4.78, 5) is 14.1. The zero-order valence-corrected chi connectivity index (χ0v) is 22.3. The van der Waals surface area contributed by atoms with Crippen LogP contribution in [-0.4, -0.2) is 74.4 Å². The van der Waals surface area contributed by atoms with Crippen LogP contribution in [0.4, 0.5) is 23.0 Å². The normalized spacial score (nSPS) is 15.1. The van der Waals surface area contributed by atoms with Crippen molar-refractivity contribution in [3.63, 3.8) is 0 Å². The third-order valence-corrected chi connectivity index (χ3v) is 8.07. The summed E-state index contributed by atoms with van der Waals surface area (Å²) in [5.74, 6) is 0.512. The molecule has 1 saturated heterocycles. The molecule has 37 heavy (non-hydrogen) atoms. The number of nitrogens with one attached hydrogen (secondary N) is 1. The van der Waals surface area contributed by atoms with Gasteiger partial charge < -0.3 is 19.7 Å². The molecular weight excluding hydrogens is 486 g/mol. The summed E-state index contributed by atoms with van der Waals surface area (Å²) in [5, 5.41) is 4.24. The maximum atomic E-state index is 12.1. The lowest BCUT2D eigenvalue weighted by atomic mass is 10.2. The number of para-hydroxylation sites is 1. The van der Waals surface area contributed by atoms with Crippen molar-refractivity contribution in [2.24, 2.45) is 0 Å². The van der Waals surface area contributed by atoms with Gasteiger partial charge in [0.2, 0.25) is 16.0 Å². The van der Waals surface area contributed by atoms with Crippen LogP contribution in [0.1, 0.15) is 12.0 Å². The molecule has 1 aliphatic heterocycles. The number of aromatic nitrogens is 3. The molecule has 2 aromatic carbocycles. The lowest BCUT2D eigenvalue weighted by molar-refractivity contribution is 0.360. The van der Waals surface area contributed by atoms with E-state index in [1.807, 2.05) is 41.1 Å². The Morgan fingerprint density at radius 2 is 1.78 bits per heavy atom. The predicted molar refractivity (Wildman–Crippen MR) is 150 cm³/mol. The van der Waals surface area contributed by atoms with Gasteiger partial charge >= 0.3 is 0 Å². The third kappa shape index (κ3) is 5.70. The molecule has 3 heterocycles. The number of rotatable bonds is 7. The van der Waals surface area contributed by atoms with E-state index in [0.29, 0.717) is 18.2 Å². The SMILES string of the molecule is CN1CCCN(c2ccc(Nc3ncc4ccn(Cc5ccccc5N(C)S(C)(=O)=O)c4n3)cc2)CC1. The molecule has 5 rings (SSSR count).